The van der Waals surface area contributed by atoms with Gasteiger partial charge >= 0.3 is 0 Å². The minimum Gasteiger partial charge on any atom is -0.388 e. The summed E-state index contributed by atoms with van der Waals surface area (Å²) in [6.07, 6.45) is 4.17. The zero-order chi connectivity index (χ0) is 18.6. The average Bonchev–Trinajstić information content (AvgIpc) is 3.36. The average molecular weight is 400 g/mol. The van der Waals surface area contributed by atoms with E-state index >= 15 is 0 Å². The normalized spacial score (nSPS) is 15.9. The van der Waals surface area contributed by atoms with Gasteiger partial charge in [-0.15, -0.1) is 10.2 Å². The maximum absolute atomic E-state index is 10.5. The molecule has 3 aromatic rings. The third-order valence-electron chi connectivity index (χ3n) is 5.02. The molecule has 0 saturated heterocycles. The predicted octanol–water partition coefficient (Wildman–Crippen LogP) is 5.54. The summed E-state index contributed by atoms with van der Waals surface area (Å²) in [5.41, 5.74) is 1.83. The van der Waals surface area contributed by atoms with E-state index in [9.17, 15) is 5.11 Å². The van der Waals surface area contributed by atoms with E-state index in [4.69, 9.17) is 11.6 Å². The Hall–Kier alpha value is -1.82. The van der Waals surface area contributed by atoms with E-state index in [1.165, 1.54) is 12.8 Å². The van der Waals surface area contributed by atoms with Gasteiger partial charge < -0.3 is 5.11 Å². The zero-order valence-corrected chi connectivity index (χ0v) is 16.5. The van der Waals surface area contributed by atoms with Crippen LogP contribution in [0.15, 0.2) is 59.8 Å². The molecule has 0 unspecified atom stereocenters. The fourth-order valence-electron chi connectivity index (χ4n) is 3.62. The Morgan fingerprint density at radius 1 is 1.04 bits per heavy atom. The topological polar surface area (TPSA) is 50.9 Å². The van der Waals surface area contributed by atoms with Crippen LogP contribution in [0.3, 0.4) is 0 Å². The fourth-order valence-corrected chi connectivity index (χ4v) is 4.81. The van der Waals surface area contributed by atoms with Gasteiger partial charge in [-0.3, -0.25) is 4.57 Å². The van der Waals surface area contributed by atoms with Crippen LogP contribution in [0, 0.1) is 0 Å². The highest BCUT2D eigenvalue weighted by molar-refractivity contribution is 7.99. The van der Waals surface area contributed by atoms with Crippen LogP contribution in [0.5, 0.6) is 0 Å². The number of benzene rings is 2. The van der Waals surface area contributed by atoms with Crippen LogP contribution in [0.4, 0.5) is 0 Å². The quantitative estimate of drug-likeness (QED) is 0.553. The molecule has 0 spiro atoms. The first-order valence-electron chi connectivity index (χ1n) is 9.29. The van der Waals surface area contributed by atoms with E-state index in [0.29, 0.717) is 16.8 Å². The predicted molar refractivity (Wildman–Crippen MR) is 110 cm³/mol. The van der Waals surface area contributed by atoms with Gasteiger partial charge in [-0.25, -0.2) is 0 Å². The zero-order valence-electron chi connectivity index (χ0n) is 15.0. The van der Waals surface area contributed by atoms with Crippen LogP contribution in [-0.4, -0.2) is 25.6 Å². The Morgan fingerprint density at radius 2 is 1.74 bits per heavy atom. The van der Waals surface area contributed by atoms with Crippen LogP contribution in [-0.2, 0) is 0 Å². The van der Waals surface area contributed by atoms with Crippen LogP contribution in [0.1, 0.15) is 43.4 Å². The summed E-state index contributed by atoms with van der Waals surface area (Å²) < 4.78 is 2.23. The number of hydrogen-bond acceptors (Lipinski definition) is 4. The number of nitrogens with zero attached hydrogens (tertiary/aromatic N) is 3. The summed E-state index contributed by atoms with van der Waals surface area (Å²) in [6.45, 7) is 0. The summed E-state index contributed by atoms with van der Waals surface area (Å²) in [4.78, 5) is 0. The molecule has 1 heterocycles. The second-order valence-corrected chi connectivity index (χ2v) is 8.23. The number of aromatic nitrogens is 3. The van der Waals surface area contributed by atoms with Crippen LogP contribution >= 0.6 is 23.4 Å². The fraction of sp³-hybridized carbons (Fsp3) is 0.333. The number of hydrogen-bond donors (Lipinski definition) is 1. The van der Waals surface area contributed by atoms with E-state index in [1.807, 2.05) is 54.6 Å². The Labute approximate surface area is 168 Å². The SMILES string of the molecule is O[C@@H](CSc1nnc(-c2ccccc2Cl)n1C1CCCC1)c1ccccc1. The van der Waals surface area contributed by atoms with Crippen LogP contribution < -0.4 is 0 Å². The first-order valence-corrected chi connectivity index (χ1v) is 10.7. The van der Waals surface area contributed by atoms with Crippen molar-refractivity contribution in [3.05, 3.63) is 65.2 Å². The van der Waals surface area contributed by atoms with E-state index in [-0.39, 0.29) is 0 Å². The molecule has 1 fully saturated rings. The van der Waals surface area contributed by atoms with Crippen molar-refractivity contribution in [2.45, 2.75) is 43.0 Å². The molecule has 27 heavy (non-hydrogen) atoms. The third kappa shape index (κ3) is 4.05. The molecular formula is C21H22ClN3OS. The minimum atomic E-state index is -0.534. The Balaban J connectivity index is 1.62. The summed E-state index contributed by atoms with van der Waals surface area (Å²) >= 11 is 7.98. The van der Waals surface area contributed by atoms with Crippen molar-refractivity contribution >= 4 is 23.4 Å². The Morgan fingerprint density at radius 3 is 2.48 bits per heavy atom. The van der Waals surface area contributed by atoms with E-state index in [1.54, 1.807) is 11.8 Å². The largest absolute Gasteiger partial charge is 0.388 e. The molecule has 1 aliphatic carbocycles. The number of aliphatic hydroxyl groups is 1. The molecule has 2 aromatic carbocycles. The maximum Gasteiger partial charge on any atom is 0.191 e. The molecule has 4 rings (SSSR count). The Kier molecular flexibility index (Phi) is 5.81. The van der Waals surface area contributed by atoms with Gasteiger partial charge in [-0.2, -0.15) is 0 Å². The van der Waals surface area contributed by atoms with E-state index < -0.39 is 6.10 Å². The smallest absolute Gasteiger partial charge is 0.191 e. The maximum atomic E-state index is 10.5. The third-order valence-corrected chi connectivity index (χ3v) is 6.37. The standard InChI is InChI=1S/C21H22ClN3OS/c22-18-13-7-6-12-17(18)20-23-24-21(25(20)16-10-4-5-11-16)27-14-19(26)15-8-2-1-3-9-15/h1-3,6-9,12-13,16,19,26H,4-5,10-11,14H2/t19-/m0/s1. The Bertz CT molecular complexity index is 893. The molecule has 0 bridgehead atoms. The second-order valence-electron chi connectivity index (χ2n) is 6.83. The van der Waals surface area contributed by atoms with Crippen molar-refractivity contribution in [3.8, 4) is 11.4 Å². The molecule has 1 N–H and O–H groups in total. The van der Waals surface area contributed by atoms with Gasteiger partial charge in [0.05, 0.1) is 11.1 Å². The number of aliphatic hydroxyl groups excluding tert-OH is 1. The lowest BCUT2D eigenvalue weighted by molar-refractivity contribution is 0.204. The van der Waals surface area contributed by atoms with E-state index in [0.717, 1.165) is 34.9 Å². The lowest BCUT2D eigenvalue weighted by atomic mass is 10.1. The molecule has 1 aliphatic rings. The molecule has 1 saturated carbocycles. The van der Waals surface area contributed by atoms with Crippen molar-refractivity contribution in [1.82, 2.24) is 14.8 Å². The lowest BCUT2D eigenvalue weighted by Gasteiger charge is -2.18. The molecule has 4 nitrogen and oxygen atoms in total. The summed E-state index contributed by atoms with van der Waals surface area (Å²) in [6, 6.07) is 17.9. The molecule has 1 aromatic heterocycles. The minimum absolute atomic E-state index is 0.391. The van der Waals surface area contributed by atoms with Crippen LogP contribution in [0.25, 0.3) is 11.4 Å². The van der Waals surface area contributed by atoms with Gasteiger partial charge in [0.15, 0.2) is 11.0 Å². The van der Waals surface area contributed by atoms with E-state index in [2.05, 4.69) is 14.8 Å². The molecule has 1 atom stereocenters. The van der Waals surface area contributed by atoms with Crippen molar-refractivity contribution in [2.24, 2.45) is 0 Å². The first kappa shape index (κ1) is 18.5. The molecule has 0 aliphatic heterocycles. The monoisotopic (exact) mass is 399 g/mol. The van der Waals surface area contributed by atoms with Crippen LogP contribution in [0.2, 0.25) is 5.02 Å². The van der Waals surface area contributed by atoms with Crippen molar-refractivity contribution < 1.29 is 5.11 Å². The lowest BCUT2D eigenvalue weighted by Crippen LogP contribution is -2.09. The van der Waals surface area contributed by atoms with Crippen molar-refractivity contribution in [1.29, 1.82) is 0 Å². The van der Waals surface area contributed by atoms with Crippen molar-refractivity contribution in [3.63, 3.8) is 0 Å². The molecule has 0 amide bonds. The molecule has 140 valence electrons. The highest BCUT2D eigenvalue weighted by Gasteiger charge is 2.26. The number of halogens is 1. The summed E-state index contributed by atoms with van der Waals surface area (Å²) in [7, 11) is 0. The first-order chi connectivity index (χ1) is 13.2. The van der Waals surface area contributed by atoms with Gasteiger partial charge in [0.2, 0.25) is 0 Å². The van der Waals surface area contributed by atoms with Gasteiger partial charge in [0.1, 0.15) is 0 Å². The van der Waals surface area contributed by atoms with Gasteiger partial charge in [-0.05, 0) is 30.5 Å². The molecular weight excluding hydrogens is 378 g/mol. The highest BCUT2D eigenvalue weighted by atomic mass is 35.5. The second kappa shape index (κ2) is 8.46. The van der Waals surface area contributed by atoms with Crippen molar-refractivity contribution in [2.75, 3.05) is 5.75 Å². The molecule has 6 heteroatoms. The number of thioether (sulfide) groups is 1. The highest BCUT2D eigenvalue weighted by Crippen LogP contribution is 2.38. The molecule has 0 radical (unpaired) electrons. The van der Waals surface area contributed by atoms with Gasteiger partial charge in [0, 0.05) is 17.4 Å². The van der Waals surface area contributed by atoms with Gasteiger partial charge in [-0.1, -0.05) is 78.7 Å². The van der Waals surface area contributed by atoms with Gasteiger partial charge in [0.25, 0.3) is 0 Å². The summed E-state index contributed by atoms with van der Waals surface area (Å²) in [5.74, 6) is 1.36. The summed E-state index contributed by atoms with van der Waals surface area (Å²) in [5, 5.41) is 21.0. The number of rotatable bonds is 6.